The number of rotatable bonds is 3. The predicted molar refractivity (Wildman–Crippen MR) is 57.0 cm³/mol. The van der Waals surface area contributed by atoms with Gasteiger partial charge in [0.1, 0.15) is 0 Å². The Morgan fingerprint density at radius 2 is 2.29 bits per heavy atom. The first kappa shape index (κ1) is 9.71. The summed E-state index contributed by atoms with van der Waals surface area (Å²) in [4.78, 5) is 0. The molecule has 1 saturated carbocycles. The number of hydrogen-bond acceptors (Lipinski definition) is 2. The molecule has 1 fully saturated rings. The van der Waals surface area contributed by atoms with Crippen molar-refractivity contribution < 1.29 is 0 Å². The molecule has 3 heteroatoms. The second-order valence-electron chi connectivity index (χ2n) is 5.03. The predicted octanol–water partition coefficient (Wildman–Crippen LogP) is 1.62. The van der Waals surface area contributed by atoms with Crippen LogP contribution in [0.3, 0.4) is 0 Å². The van der Waals surface area contributed by atoms with Crippen LogP contribution in [0.4, 0.5) is 0 Å². The normalized spacial score (nSPS) is 23.9. The van der Waals surface area contributed by atoms with Crippen LogP contribution in [0.5, 0.6) is 0 Å². The van der Waals surface area contributed by atoms with Gasteiger partial charge in [-0.1, -0.05) is 13.8 Å². The number of aromatic nitrogens is 2. The Balaban J connectivity index is 1.90. The van der Waals surface area contributed by atoms with Crippen molar-refractivity contribution in [3.63, 3.8) is 0 Å². The molecule has 0 saturated heterocycles. The van der Waals surface area contributed by atoms with Gasteiger partial charge in [-0.05, 0) is 24.8 Å². The quantitative estimate of drug-likeness (QED) is 0.790. The number of nitrogens with zero attached hydrogens (tertiary/aromatic N) is 2. The third-order valence-corrected chi connectivity index (χ3v) is 3.14. The molecule has 0 amide bonds. The molecule has 1 atom stereocenters. The van der Waals surface area contributed by atoms with Crippen molar-refractivity contribution in [1.29, 1.82) is 0 Å². The first-order valence-corrected chi connectivity index (χ1v) is 5.22. The third kappa shape index (κ3) is 1.82. The third-order valence-electron chi connectivity index (χ3n) is 3.14. The molecule has 2 rings (SSSR count). The van der Waals surface area contributed by atoms with E-state index in [0.717, 1.165) is 12.2 Å². The van der Waals surface area contributed by atoms with E-state index in [4.69, 9.17) is 0 Å². The number of hydrogen-bond donors (Lipinski definition) is 1. The zero-order valence-corrected chi connectivity index (χ0v) is 9.46. The van der Waals surface area contributed by atoms with E-state index in [1.165, 1.54) is 12.1 Å². The Bertz CT molecular complexity index is 338. The lowest BCUT2D eigenvalue weighted by Crippen LogP contribution is -2.21. The lowest BCUT2D eigenvalue weighted by molar-refractivity contribution is 0.529. The van der Waals surface area contributed by atoms with Crippen LogP contribution in [0.25, 0.3) is 0 Å². The van der Waals surface area contributed by atoms with Gasteiger partial charge >= 0.3 is 0 Å². The molecule has 1 aromatic rings. The topological polar surface area (TPSA) is 29.9 Å². The van der Waals surface area contributed by atoms with Crippen LogP contribution < -0.4 is 5.32 Å². The standard InChI is InChI=1S/C11H19N3/c1-8-5-9(14(4)13-8)7-12-10-6-11(10,2)3/h5,10,12H,6-7H2,1-4H3. The fourth-order valence-corrected chi connectivity index (χ4v) is 1.87. The molecular weight excluding hydrogens is 174 g/mol. The monoisotopic (exact) mass is 193 g/mol. The molecular formula is C11H19N3. The molecule has 1 unspecified atom stereocenters. The molecule has 78 valence electrons. The molecule has 0 spiro atoms. The van der Waals surface area contributed by atoms with Crippen LogP contribution in [-0.4, -0.2) is 15.8 Å². The van der Waals surface area contributed by atoms with Crippen LogP contribution in [0.1, 0.15) is 31.7 Å². The van der Waals surface area contributed by atoms with Gasteiger partial charge in [-0.3, -0.25) is 4.68 Å². The average Bonchev–Trinajstić information content (AvgIpc) is 2.53. The summed E-state index contributed by atoms with van der Waals surface area (Å²) in [5.41, 5.74) is 2.87. The van der Waals surface area contributed by atoms with E-state index >= 15 is 0 Å². The molecule has 1 aliphatic carbocycles. The van der Waals surface area contributed by atoms with Gasteiger partial charge in [0.2, 0.25) is 0 Å². The Labute approximate surface area is 85.5 Å². The molecule has 0 bridgehead atoms. The van der Waals surface area contributed by atoms with Gasteiger partial charge in [-0.15, -0.1) is 0 Å². The van der Waals surface area contributed by atoms with Crippen molar-refractivity contribution >= 4 is 0 Å². The van der Waals surface area contributed by atoms with E-state index in [1.54, 1.807) is 0 Å². The molecule has 1 aromatic heterocycles. The largest absolute Gasteiger partial charge is 0.308 e. The van der Waals surface area contributed by atoms with E-state index in [9.17, 15) is 0 Å². The summed E-state index contributed by atoms with van der Waals surface area (Å²) in [6.45, 7) is 7.58. The van der Waals surface area contributed by atoms with Crippen LogP contribution in [-0.2, 0) is 13.6 Å². The molecule has 1 aliphatic rings. The van der Waals surface area contributed by atoms with Gasteiger partial charge in [0.05, 0.1) is 11.4 Å². The van der Waals surface area contributed by atoms with Gasteiger partial charge in [0, 0.05) is 19.6 Å². The second kappa shape index (κ2) is 3.09. The van der Waals surface area contributed by atoms with Crippen molar-refractivity contribution in [3.05, 3.63) is 17.5 Å². The molecule has 0 aromatic carbocycles. The van der Waals surface area contributed by atoms with Gasteiger partial charge in [-0.2, -0.15) is 5.10 Å². The Kier molecular flexibility index (Phi) is 2.14. The molecule has 0 radical (unpaired) electrons. The van der Waals surface area contributed by atoms with E-state index in [1.807, 2.05) is 18.7 Å². The van der Waals surface area contributed by atoms with Crippen LogP contribution in [0.2, 0.25) is 0 Å². The summed E-state index contributed by atoms with van der Waals surface area (Å²) in [6, 6.07) is 2.83. The molecule has 1 heterocycles. The minimum atomic E-state index is 0.508. The summed E-state index contributed by atoms with van der Waals surface area (Å²) in [6.07, 6.45) is 1.30. The van der Waals surface area contributed by atoms with Crippen LogP contribution in [0.15, 0.2) is 6.07 Å². The zero-order chi connectivity index (χ0) is 10.3. The Morgan fingerprint density at radius 1 is 1.64 bits per heavy atom. The van der Waals surface area contributed by atoms with Gasteiger partial charge < -0.3 is 5.32 Å². The lowest BCUT2D eigenvalue weighted by atomic mass is 10.2. The zero-order valence-electron chi connectivity index (χ0n) is 9.46. The summed E-state index contributed by atoms with van der Waals surface area (Å²) in [7, 11) is 2.00. The number of nitrogens with one attached hydrogen (secondary N) is 1. The highest BCUT2D eigenvalue weighted by Gasteiger charge is 2.45. The number of aryl methyl sites for hydroxylation is 2. The van der Waals surface area contributed by atoms with E-state index in [-0.39, 0.29) is 0 Å². The van der Waals surface area contributed by atoms with Crippen molar-refractivity contribution in [2.24, 2.45) is 12.5 Å². The van der Waals surface area contributed by atoms with Gasteiger partial charge in [-0.25, -0.2) is 0 Å². The summed E-state index contributed by atoms with van der Waals surface area (Å²) in [5.74, 6) is 0. The van der Waals surface area contributed by atoms with Gasteiger partial charge in [0.25, 0.3) is 0 Å². The summed E-state index contributed by atoms with van der Waals surface area (Å²) < 4.78 is 1.96. The van der Waals surface area contributed by atoms with E-state index < -0.39 is 0 Å². The maximum Gasteiger partial charge on any atom is 0.0597 e. The summed E-state index contributed by atoms with van der Waals surface area (Å²) >= 11 is 0. The highest BCUT2D eigenvalue weighted by molar-refractivity contribution is 5.10. The van der Waals surface area contributed by atoms with Crippen LogP contribution in [0, 0.1) is 12.3 Å². The maximum absolute atomic E-state index is 4.32. The van der Waals surface area contributed by atoms with Crippen molar-refractivity contribution in [3.8, 4) is 0 Å². The molecule has 1 N–H and O–H groups in total. The molecule has 0 aliphatic heterocycles. The molecule has 14 heavy (non-hydrogen) atoms. The highest BCUT2D eigenvalue weighted by Crippen LogP contribution is 2.44. The first-order chi connectivity index (χ1) is 6.49. The van der Waals surface area contributed by atoms with Crippen molar-refractivity contribution in [2.75, 3.05) is 0 Å². The minimum absolute atomic E-state index is 0.508. The Morgan fingerprint density at radius 3 is 2.71 bits per heavy atom. The Hall–Kier alpha value is -0.830. The minimum Gasteiger partial charge on any atom is -0.308 e. The van der Waals surface area contributed by atoms with E-state index in [0.29, 0.717) is 11.5 Å². The fraction of sp³-hybridized carbons (Fsp3) is 0.727. The fourth-order valence-electron chi connectivity index (χ4n) is 1.87. The van der Waals surface area contributed by atoms with Crippen LogP contribution >= 0.6 is 0 Å². The summed E-state index contributed by atoms with van der Waals surface area (Å²) in [5, 5.41) is 7.88. The second-order valence-corrected chi connectivity index (χ2v) is 5.03. The van der Waals surface area contributed by atoms with Crippen molar-refractivity contribution in [2.45, 2.75) is 39.8 Å². The average molecular weight is 193 g/mol. The SMILES string of the molecule is Cc1cc(CNC2CC2(C)C)n(C)n1. The highest BCUT2D eigenvalue weighted by atomic mass is 15.3. The lowest BCUT2D eigenvalue weighted by Gasteiger charge is -2.06. The van der Waals surface area contributed by atoms with Gasteiger partial charge in [0.15, 0.2) is 0 Å². The smallest absolute Gasteiger partial charge is 0.0597 e. The van der Waals surface area contributed by atoms with Crippen molar-refractivity contribution in [1.82, 2.24) is 15.1 Å². The maximum atomic E-state index is 4.32. The van der Waals surface area contributed by atoms with E-state index in [2.05, 4.69) is 30.3 Å². The molecule has 3 nitrogen and oxygen atoms in total. The first-order valence-electron chi connectivity index (χ1n) is 5.22.